The zero-order valence-corrected chi connectivity index (χ0v) is 17.6. The van der Waals surface area contributed by atoms with E-state index < -0.39 is 6.10 Å². The predicted molar refractivity (Wildman–Crippen MR) is 114 cm³/mol. The molecule has 29 heavy (non-hydrogen) atoms. The molecule has 1 atom stereocenters. The van der Waals surface area contributed by atoms with Gasteiger partial charge in [-0.2, -0.15) is 0 Å². The van der Waals surface area contributed by atoms with Gasteiger partial charge in [0, 0.05) is 25.8 Å². The molecule has 0 aliphatic carbocycles. The lowest BCUT2D eigenvalue weighted by molar-refractivity contribution is 0.0608. The molecule has 0 spiro atoms. The number of β-amino-alcohol motifs (C(OH)–C–C–N with tert-alkyl or cyclic N) is 1. The van der Waals surface area contributed by atoms with Gasteiger partial charge in [-0.3, -0.25) is 9.88 Å². The quantitative estimate of drug-likeness (QED) is 0.663. The van der Waals surface area contributed by atoms with Crippen molar-refractivity contribution in [3.05, 3.63) is 53.9 Å². The minimum atomic E-state index is -0.506. The molecule has 1 fully saturated rings. The van der Waals surface area contributed by atoms with Crippen LogP contribution < -0.4 is 9.47 Å². The van der Waals surface area contributed by atoms with Crippen LogP contribution in [0.2, 0.25) is 0 Å². The second-order valence-corrected chi connectivity index (χ2v) is 7.80. The smallest absolute Gasteiger partial charge is 0.161 e. The van der Waals surface area contributed by atoms with Gasteiger partial charge in [0.25, 0.3) is 0 Å². The van der Waals surface area contributed by atoms with Gasteiger partial charge in [-0.05, 0) is 62.8 Å². The van der Waals surface area contributed by atoms with Crippen LogP contribution in [-0.4, -0.2) is 66.4 Å². The van der Waals surface area contributed by atoms with Crippen LogP contribution >= 0.6 is 0 Å². The number of hydrogen-bond acceptors (Lipinski definition) is 6. The summed E-state index contributed by atoms with van der Waals surface area (Å²) in [5.41, 5.74) is 2.17. The van der Waals surface area contributed by atoms with Gasteiger partial charge in [-0.15, -0.1) is 0 Å². The second kappa shape index (κ2) is 11.1. The number of likely N-dealkylation sites (tertiary alicyclic amines) is 1. The van der Waals surface area contributed by atoms with E-state index in [0.717, 1.165) is 37.4 Å². The van der Waals surface area contributed by atoms with Crippen LogP contribution in [0.1, 0.15) is 30.5 Å². The number of nitrogens with zero attached hydrogens (tertiary/aromatic N) is 3. The van der Waals surface area contributed by atoms with Gasteiger partial charge in [0.15, 0.2) is 11.5 Å². The van der Waals surface area contributed by atoms with Crippen molar-refractivity contribution < 1.29 is 14.6 Å². The van der Waals surface area contributed by atoms with Gasteiger partial charge >= 0.3 is 0 Å². The Balaban J connectivity index is 1.54. The molecule has 6 nitrogen and oxygen atoms in total. The van der Waals surface area contributed by atoms with E-state index in [9.17, 15) is 5.11 Å². The third kappa shape index (κ3) is 6.99. The highest BCUT2D eigenvalue weighted by Gasteiger charge is 2.16. The third-order valence-electron chi connectivity index (χ3n) is 5.19. The maximum Gasteiger partial charge on any atom is 0.161 e. The lowest BCUT2D eigenvalue weighted by Gasteiger charge is -2.28. The zero-order chi connectivity index (χ0) is 20.5. The Hall–Kier alpha value is -2.15. The maximum atomic E-state index is 10.4. The Labute approximate surface area is 174 Å². The second-order valence-electron chi connectivity index (χ2n) is 7.80. The summed E-state index contributed by atoms with van der Waals surface area (Å²) in [5.74, 6) is 1.36. The van der Waals surface area contributed by atoms with Crippen LogP contribution in [-0.2, 0) is 13.1 Å². The molecule has 0 amide bonds. The van der Waals surface area contributed by atoms with Gasteiger partial charge in [-0.1, -0.05) is 18.6 Å². The van der Waals surface area contributed by atoms with Gasteiger partial charge in [0.2, 0.25) is 0 Å². The highest BCUT2D eigenvalue weighted by atomic mass is 16.5. The Bertz CT molecular complexity index is 735. The van der Waals surface area contributed by atoms with Crippen molar-refractivity contribution in [1.29, 1.82) is 0 Å². The highest BCUT2D eigenvalue weighted by molar-refractivity contribution is 5.43. The molecule has 2 aromatic rings. The first-order valence-corrected chi connectivity index (χ1v) is 10.4. The van der Waals surface area contributed by atoms with Gasteiger partial charge in [0.1, 0.15) is 12.7 Å². The first kappa shape index (κ1) is 21.6. The Morgan fingerprint density at radius 1 is 1.10 bits per heavy atom. The summed E-state index contributed by atoms with van der Waals surface area (Å²) in [6.45, 7) is 4.61. The van der Waals surface area contributed by atoms with E-state index in [1.165, 1.54) is 19.3 Å². The molecule has 158 valence electrons. The first-order chi connectivity index (χ1) is 14.1. The lowest BCUT2D eigenvalue weighted by atomic mass is 10.1. The van der Waals surface area contributed by atoms with Crippen molar-refractivity contribution in [2.24, 2.45) is 0 Å². The minimum absolute atomic E-state index is 0.264. The predicted octanol–water partition coefficient (Wildman–Crippen LogP) is 2.95. The molecular weight excluding hydrogens is 366 g/mol. The van der Waals surface area contributed by atoms with E-state index in [1.807, 2.05) is 42.6 Å². The molecule has 0 unspecified atom stereocenters. The van der Waals surface area contributed by atoms with E-state index in [4.69, 9.17) is 9.47 Å². The molecule has 0 radical (unpaired) electrons. The third-order valence-corrected chi connectivity index (χ3v) is 5.19. The molecule has 2 heterocycles. The Morgan fingerprint density at radius 3 is 2.66 bits per heavy atom. The molecule has 0 bridgehead atoms. The Morgan fingerprint density at radius 2 is 1.93 bits per heavy atom. The van der Waals surface area contributed by atoms with Gasteiger partial charge in [-0.25, -0.2) is 0 Å². The van der Waals surface area contributed by atoms with Gasteiger partial charge in [0.05, 0.1) is 12.8 Å². The Kier molecular flexibility index (Phi) is 8.28. The largest absolute Gasteiger partial charge is 0.493 e. The standard InChI is InChI=1S/C23H33N3O3/c1-25(16-20-8-4-5-11-24-20)15-19-9-10-22(28-2)23(14-19)29-18-21(27)17-26-12-6-3-7-13-26/h4-5,8-11,14,21,27H,3,6-7,12-13,15-18H2,1-2H3/t21-/m1/s1. The molecule has 1 saturated heterocycles. The fourth-order valence-electron chi connectivity index (χ4n) is 3.75. The van der Waals surface area contributed by atoms with Crippen molar-refractivity contribution in [3.63, 3.8) is 0 Å². The van der Waals surface area contributed by atoms with E-state index in [0.29, 0.717) is 18.0 Å². The summed E-state index contributed by atoms with van der Waals surface area (Å²) in [5, 5.41) is 10.4. The summed E-state index contributed by atoms with van der Waals surface area (Å²) in [4.78, 5) is 8.91. The number of ether oxygens (including phenoxy) is 2. The molecule has 1 aromatic carbocycles. The van der Waals surface area contributed by atoms with Crippen molar-refractivity contribution in [3.8, 4) is 11.5 Å². The van der Waals surface area contributed by atoms with Crippen LogP contribution in [0.3, 0.4) is 0 Å². The number of piperidine rings is 1. The van der Waals surface area contributed by atoms with Crippen LogP contribution in [0.5, 0.6) is 11.5 Å². The first-order valence-electron chi connectivity index (χ1n) is 10.4. The van der Waals surface area contributed by atoms with E-state index in [-0.39, 0.29) is 6.61 Å². The number of aliphatic hydroxyl groups is 1. The summed E-state index contributed by atoms with van der Waals surface area (Å²) >= 11 is 0. The molecule has 1 aliphatic heterocycles. The average molecular weight is 400 g/mol. The molecule has 1 aromatic heterocycles. The van der Waals surface area contributed by atoms with Crippen LogP contribution in [0, 0.1) is 0 Å². The average Bonchev–Trinajstić information content (AvgIpc) is 2.74. The molecular formula is C23H33N3O3. The summed E-state index contributed by atoms with van der Waals surface area (Å²) in [7, 11) is 3.71. The maximum absolute atomic E-state index is 10.4. The number of benzene rings is 1. The van der Waals surface area contributed by atoms with E-state index in [2.05, 4.69) is 21.8 Å². The summed E-state index contributed by atoms with van der Waals surface area (Å²) in [6, 6.07) is 11.9. The molecule has 1 aliphatic rings. The van der Waals surface area contributed by atoms with Crippen molar-refractivity contribution >= 4 is 0 Å². The number of aliphatic hydroxyl groups excluding tert-OH is 1. The topological polar surface area (TPSA) is 58.1 Å². The van der Waals surface area contributed by atoms with Crippen LogP contribution in [0.4, 0.5) is 0 Å². The SMILES string of the molecule is COc1ccc(CN(C)Cc2ccccn2)cc1OC[C@H](O)CN1CCCCC1. The van der Waals surface area contributed by atoms with Crippen LogP contribution in [0.25, 0.3) is 0 Å². The number of hydrogen-bond donors (Lipinski definition) is 1. The fourth-order valence-corrected chi connectivity index (χ4v) is 3.75. The minimum Gasteiger partial charge on any atom is -0.493 e. The monoisotopic (exact) mass is 399 g/mol. The van der Waals surface area contributed by atoms with E-state index >= 15 is 0 Å². The number of pyridine rings is 1. The van der Waals surface area contributed by atoms with Crippen LogP contribution in [0.15, 0.2) is 42.6 Å². The molecule has 3 rings (SSSR count). The fraction of sp³-hybridized carbons (Fsp3) is 0.522. The normalized spacial score (nSPS) is 16.0. The van der Waals surface area contributed by atoms with Crippen molar-refractivity contribution in [2.45, 2.75) is 38.5 Å². The summed E-state index contributed by atoms with van der Waals surface area (Å²) in [6.07, 6.45) is 5.04. The van der Waals surface area contributed by atoms with Crippen molar-refractivity contribution in [2.75, 3.05) is 40.4 Å². The number of methoxy groups -OCH3 is 1. The molecule has 6 heteroatoms. The zero-order valence-electron chi connectivity index (χ0n) is 17.6. The number of rotatable bonds is 10. The highest BCUT2D eigenvalue weighted by Crippen LogP contribution is 2.29. The van der Waals surface area contributed by atoms with Crippen molar-refractivity contribution in [1.82, 2.24) is 14.8 Å². The number of aromatic nitrogens is 1. The van der Waals surface area contributed by atoms with E-state index in [1.54, 1.807) is 7.11 Å². The molecule has 0 saturated carbocycles. The van der Waals surface area contributed by atoms with Gasteiger partial charge < -0.3 is 19.5 Å². The lowest BCUT2D eigenvalue weighted by Crippen LogP contribution is -2.38. The summed E-state index contributed by atoms with van der Waals surface area (Å²) < 4.78 is 11.4. The molecule has 1 N–H and O–H groups in total.